The van der Waals surface area contributed by atoms with Crippen LogP contribution in [0.25, 0.3) is 11.3 Å². The first-order valence-corrected chi connectivity index (χ1v) is 7.36. The van der Waals surface area contributed by atoms with Crippen LogP contribution < -0.4 is 5.32 Å². The third-order valence-electron chi connectivity index (χ3n) is 2.42. The zero-order chi connectivity index (χ0) is 13.1. The highest BCUT2D eigenvalue weighted by Gasteiger charge is 2.09. The molecule has 2 rings (SSSR count). The molecule has 0 saturated heterocycles. The molecule has 2 aromatic rings. The van der Waals surface area contributed by atoms with Gasteiger partial charge in [-0.15, -0.1) is 11.3 Å². The number of hydrogen-bond acceptors (Lipinski definition) is 3. The van der Waals surface area contributed by atoms with Crippen molar-refractivity contribution in [3.05, 3.63) is 38.9 Å². The lowest BCUT2D eigenvalue weighted by molar-refractivity contribution is 0.587. The SMILES string of the molecule is CC(C)NCc1nc(-c2ccc(Br)cc2F)cs1. The Morgan fingerprint density at radius 2 is 2.22 bits per heavy atom. The van der Waals surface area contributed by atoms with Crippen molar-refractivity contribution in [2.45, 2.75) is 26.4 Å². The fourth-order valence-electron chi connectivity index (χ4n) is 1.50. The Kier molecular flexibility index (Phi) is 4.48. The van der Waals surface area contributed by atoms with Gasteiger partial charge in [0, 0.05) is 28.0 Å². The number of hydrogen-bond donors (Lipinski definition) is 1. The predicted octanol–water partition coefficient (Wildman–Crippen LogP) is 4.21. The molecule has 5 heteroatoms. The van der Waals surface area contributed by atoms with E-state index < -0.39 is 0 Å². The molecule has 1 heterocycles. The van der Waals surface area contributed by atoms with Gasteiger partial charge in [0.25, 0.3) is 0 Å². The summed E-state index contributed by atoms with van der Waals surface area (Å²) in [5, 5.41) is 6.16. The summed E-state index contributed by atoms with van der Waals surface area (Å²) in [6.45, 7) is 4.90. The number of nitrogens with one attached hydrogen (secondary N) is 1. The van der Waals surface area contributed by atoms with Crippen LogP contribution in [0.3, 0.4) is 0 Å². The molecule has 0 bridgehead atoms. The number of nitrogens with zero attached hydrogens (tertiary/aromatic N) is 1. The molecular weight excluding hydrogens is 315 g/mol. The highest BCUT2D eigenvalue weighted by molar-refractivity contribution is 9.10. The molecule has 18 heavy (non-hydrogen) atoms. The molecule has 0 fully saturated rings. The van der Waals surface area contributed by atoms with E-state index in [2.05, 4.69) is 40.1 Å². The van der Waals surface area contributed by atoms with Gasteiger partial charge >= 0.3 is 0 Å². The summed E-state index contributed by atoms with van der Waals surface area (Å²) < 4.78 is 14.5. The number of thiazole rings is 1. The van der Waals surface area contributed by atoms with Crippen LogP contribution in [0.1, 0.15) is 18.9 Å². The van der Waals surface area contributed by atoms with Gasteiger partial charge in [-0.1, -0.05) is 29.8 Å². The minimum absolute atomic E-state index is 0.252. The van der Waals surface area contributed by atoms with E-state index in [0.717, 1.165) is 16.0 Å². The van der Waals surface area contributed by atoms with E-state index in [1.165, 1.54) is 6.07 Å². The lowest BCUT2D eigenvalue weighted by Crippen LogP contribution is -2.21. The molecule has 0 atom stereocenters. The van der Waals surface area contributed by atoms with Gasteiger partial charge in [0.05, 0.1) is 5.69 Å². The van der Waals surface area contributed by atoms with E-state index in [4.69, 9.17) is 0 Å². The minimum Gasteiger partial charge on any atom is -0.308 e. The average Bonchev–Trinajstić information content (AvgIpc) is 2.75. The number of aromatic nitrogens is 1. The molecule has 0 amide bonds. The molecule has 0 unspecified atom stereocenters. The molecule has 1 aromatic heterocycles. The third-order valence-corrected chi connectivity index (χ3v) is 3.76. The van der Waals surface area contributed by atoms with E-state index in [0.29, 0.717) is 17.3 Å². The Balaban J connectivity index is 2.18. The van der Waals surface area contributed by atoms with Crippen LogP contribution in [0.4, 0.5) is 4.39 Å². The standard InChI is InChI=1S/C13H14BrFN2S/c1-8(2)16-6-13-17-12(7-18-13)10-4-3-9(14)5-11(10)15/h3-5,7-8,16H,6H2,1-2H3. The number of rotatable bonds is 4. The van der Waals surface area contributed by atoms with Crippen molar-refractivity contribution in [3.8, 4) is 11.3 Å². The second-order valence-electron chi connectivity index (χ2n) is 4.29. The molecule has 0 aliphatic rings. The molecule has 0 saturated carbocycles. The lowest BCUT2D eigenvalue weighted by Gasteiger charge is -2.04. The van der Waals surface area contributed by atoms with Crippen LogP contribution >= 0.6 is 27.3 Å². The van der Waals surface area contributed by atoms with Crippen LogP contribution in [0.5, 0.6) is 0 Å². The maximum absolute atomic E-state index is 13.8. The van der Waals surface area contributed by atoms with Crippen LogP contribution in [0.15, 0.2) is 28.1 Å². The maximum atomic E-state index is 13.8. The topological polar surface area (TPSA) is 24.9 Å². The van der Waals surface area contributed by atoms with E-state index in [1.54, 1.807) is 17.4 Å². The van der Waals surface area contributed by atoms with Gasteiger partial charge in [-0.25, -0.2) is 9.37 Å². The summed E-state index contributed by atoms with van der Waals surface area (Å²) in [7, 11) is 0. The fraction of sp³-hybridized carbons (Fsp3) is 0.308. The Hall–Kier alpha value is -0.780. The third kappa shape index (κ3) is 3.37. The van der Waals surface area contributed by atoms with Gasteiger partial charge in [0.15, 0.2) is 0 Å². The summed E-state index contributed by atoms with van der Waals surface area (Å²) in [5.41, 5.74) is 1.25. The molecular formula is C13H14BrFN2S. The summed E-state index contributed by atoms with van der Waals surface area (Å²) in [4.78, 5) is 4.44. The normalized spacial score (nSPS) is 11.2. The fourth-order valence-corrected chi connectivity index (χ4v) is 2.58. The summed E-state index contributed by atoms with van der Waals surface area (Å²) in [5.74, 6) is -0.252. The first-order valence-electron chi connectivity index (χ1n) is 5.69. The molecule has 0 spiro atoms. The van der Waals surface area contributed by atoms with Crippen LogP contribution in [0, 0.1) is 5.82 Å². The first kappa shape index (κ1) is 13.6. The summed E-state index contributed by atoms with van der Waals surface area (Å²) in [6.07, 6.45) is 0. The lowest BCUT2D eigenvalue weighted by atomic mass is 10.1. The van der Waals surface area contributed by atoms with Crippen LogP contribution in [-0.4, -0.2) is 11.0 Å². The highest BCUT2D eigenvalue weighted by Crippen LogP contribution is 2.26. The van der Waals surface area contributed by atoms with E-state index in [9.17, 15) is 4.39 Å². The van der Waals surface area contributed by atoms with Gasteiger partial charge in [-0.05, 0) is 18.2 Å². The van der Waals surface area contributed by atoms with E-state index >= 15 is 0 Å². The second-order valence-corrected chi connectivity index (χ2v) is 6.14. The number of halogens is 2. The Bertz CT molecular complexity index is 540. The predicted molar refractivity (Wildman–Crippen MR) is 77.2 cm³/mol. The molecule has 0 aliphatic heterocycles. The first-order chi connectivity index (χ1) is 8.56. The molecule has 0 aliphatic carbocycles. The number of benzene rings is 1. The van der Waals surface area contributed by atoms with Gasteiger partial charge in [0.1, 0.15) is 10.8 Å². The molecule has 0 radical (unpaired) electrons. The van der Waals surface area contributed by atoms with E-state index in [-0.39, 0.29) is 5.82 Å². The van der Waals surface area contributed by atoms with Crippen molar-refractivity contribution in [2.24, 2.45) is 0 Å². The Morgan fingerprint density at radius 1 is 1.44 bits per heavy atom. The molecule has 1 N–H and O–H groups in total. The minimum atomic E-state index is -0.252. The van der Waals surface area contributed by atoms with Gasteiger partial charge in [0.2, 0.25) is 0 Å². The Morgan fingerprint density at radius 3 is 2.89 bits per heavy atom. The van der Waals surface area contributed by atoms with Crippen molar-refractivity contribution in [2.75, 3.05) is 0 Å². The monoisotopic (exact) mass is 328 g/mol. The van der Waals surface area contributed by atoms with Gasteiger partial charge < -0.3 is 5.32 Å². The van der Waals surface area contributed by atoms with Gasteiger partial charge in [-0.2, -0.15) is 0 Å². The molecule has 1 aromatic carbocycles. The van der Waals surface area contributed by atoms with Crippen molar-refractivity contribution < 1.29 is 4.39 Å². The largest absolute Gasteiger partial charge is 0.308 e. The summed E-state index contributed by atoms with van der Waals surface area (Å²) >= 11 is 4.79. The maximum Gasteiger partial charge on any atom is 0.133 e. The van der Waals surface area contributed by atoms with Crippen molar-refractivity contribution in [3.63, 3.8) is 0 Å². The van der Waals surface area contributed by atoms with E-state index in [1.807, 2.05) is 11.4 Å². The highest BCUT2D eigenvalue weighted by atomic mass is 79.9. The molecule has 96 valence electrons. The zero-order valence-electron chi connectivity index (χ0n) is 10.2. The summed E-state index contributed by atoms with van der Waals surface area (Å²) in [6, 6.07) is 5.44. The Labute approximate surface area is 118 Å². The van der Waals surface area contributed by atoms with Crippen molar-refractivity contribution >= 4 is 27.3 Å². The molecule has 2 nitrogen and oxygen atoms in total. The van der Waals surface area contributed by atoms with Crippen molar-refractivity contribution in [1.82, 2.24) is 10.3 Å². The quantitative estimate of drug-likeness (QED) is 0.909. The van der Waals surface area contributed by atoms with Crippen LogP contribution in [0.2, 0.25) is 0 Å². The zero-order valence-corrected chi connectivity index (χ0v) is 12.6. The smallest absolute Gasteiger partial charge is 0.133 e. The van der Waals surface area contributed by atoms with Crippen LogP contribution in [-0.2, 0) is 6.54 Å². The average molecular weight is 329 g/mol. The van der Waals surface area contributed by atoms with Crippen molar-refractivity contribution in [1.29, 1.82) is 0 Å². The van der Waals surface area contributed by atoms with Gasteiger partial charge in [-0.3, -0.25) is 0 Å². The second kappa shape index (κ2) is 5.91.